The third-order valence-electron chi connectivity index (χ3n) is 4.31. The van der Waals surface area contributed by atoms with Gasteiger partial charge >= 0.3 is 0 Å². The van der Waals surface area contributed by atoms with E-state index in [0.717, 1.165) is 69.4 Å². The van der Waals surface area contributed by atoms with Crippen molar-refractivity contribution >= 4 is 29.9 Å². The van der Waals surface area contributed by atoms with E-state index in [1.54, 1.807) is 7.11 Å². The Kier molecular flexibility index (Phi) is 14.7. The second kappa shape index (κ2) is 16.5. The molecule has 0 bridgehead atoms. The van der Waals surface area contributed by atoms with Crippen molar-refractivity contribution in [3.63, 3.8) is 0 Å². The van der Waals surface area contributed by atoms with Gasteiger partial charge in [-0.2, -0.15) is 0 Å². The summed E-state index contributed by atoms with van der Waals surface area (Å²) in [6, 6.07) is 7.64. The molecule has 1 unspecified atom stereocenters. The van der Waals surface area contributed by atoms with Crippen LogP contribution in [0.15, 0.2) is 29.3 Å². The molecule has 1 fully saturated rings. The summed E-state index contributed by atoms with van der Waals surface area (Å²) >= 11 is 0. The molecule has 2 rings (SSSR count). The van der Waals surface area contributed by atoms with Crippen LogP contribution in [0.2, 0.25) is 0 Å². The molecular formula is C21H36IN3O4. The molecule has 1 aliphatic rings. The third kappa shape index (κ3) is 11.5. The SMILES string of the molecule is CCNC(=NCCCOc1cccc(OC)c1)NCCCOCC1CCCO1.I. The molecule has 0 amide bonds. The molecule has 8 heteroatoms. The number of hydrogen-bond acceptors (Lipinski definition) is 5. The van der Waals surface area contributed by atoms with Crippen molar-refractivity contribution in [1.29, 1.82) is 0 Å². The molecule has 29 heavy (non-hydrogen) atoms. The molecule has 0 radical (unpaired) electrons. The van der Waals surface area contributed by atoms with E-state index < -0.39 is 0 Å². The fraction of sp³-hybridized carbons (Fsp3) is 0.667. The first-order chi connectivity index (χ1) is 13.8. The van der Waals surface area contributed by atoms with E-state index in [1.807, 2.05) is 24.3 Å². The highest BCUT2D eigenvalue weighted by atomic mass is 127. The van der Waals surface area contributed by atoms with Crippen LogP contribution in [0.3, 0.4) is 0 Å². The van der Waals surface area contributed by atoms with E-state index in [1.165, 1.54) is 0 Å². The summed E-state index contributed by atoms with van der Waals surface area (Å²) in [5.74, 6) is 2.45. The Morgan fingerprint density at radius 3 is 2.83 bits per heavy atom. The van der Waals surface area contributed by atoms with Crippen LogP contribution in [-0.2, 0) is 9.47 Å². The number of nitrogens with zero attached hydrogens (tertiary/aromatic N) is 1. The Balaban J connectivity index is 0.00000420. The molecule has 1 aliphatic heterocycles. The summed E-state index contributed by atoms with van der Waals surface area (Å²) in [6.07, 6.45) is 4.36. The Hall–Kier alpha value is -1.26. The van der Waals surface area contributed by atoms with Crippen molar-refractivity contribution in [2.24, 2.45) is 4.99 Å². The molecule has 166 valence electrons. The average Bonchev–Trinajstić information content (AvgIpc) is 3.24. The Morgan fingerprint density at radius 2 is 2.07 bits per heavy atom. The van der Waals surface area contributed by atoms with E-state index in [9.17, 15) is 0 Å². The fourth-order valence-corrected chi connectivity index (χ4v) is 2.85. The zero-order valence-corrected chi connectivity index (χ0v) is 20.0. The van der Waals surface area contributed by atoms with Gasteiger partial charge in [0.25, 0.3) is 0 Å². The second-order valence-electron chi connectivity index (χ2n) is 6.63. The highest BCUT2D eigenvalue weighted by Gasteiger charge is 2.14. The number of aliphatic imine (C=N–C) groups is 1. The number of benzene rings is 1. The normalized spacial score (nSPS) is 16.2. The number of methoxy groups -OCH3 is 1. The minimum absolute atomic E-state index is 0. The monoisotopic (exact) mass is 521 g/mol. The first kappa shape index (κ1) is 25.8. The van der Waals surface area contributed by atoms with Crippen LogP contribution in [-0.4, -0.2) is 65.2 Å². The third-order valence-corrected chi connectivity index (χ3v) is 4.31. The summed E-state index contributed by atoms with van der Waals surface area (Å²) in [7, 11) is 1.65. The fourth-order valence-electron chi connectivity index (χ4n) is 2.85. The van der Waals surface area contributed by atoms with Gasteiger partial charge in [-0.15, -0.1) is 24.0 Å². The van der Waals surface area contributed by atoms with Gasteiger partial charge in [-0.3, -0.25) is 4.99 Å². The van der Waals surface area contributed by atoms with Crippen molar-refractivity contribution in [2.45, 2.75) is 38.7 Å². The average molecular weight is 521 g/mol. The molecule has 1 atom stereocenters. The van der Waals surface area contributed by atoms with Gasteiger partial charge in [-0.1, -0.05) is 6.07 Å². The number of halogens is 1. The van der Waals surface area contributed by atoms with Crippen LogP contribution in [0.1, 0.15) is 32.6 Å². The van der Waals surface area contributed by atoms with Crippen molar-refractivity contribution in [1.82, 2.24) is 10.6 Å². The van der Waals surface area contributed by atoms with Gasteiger partial charge in [0.05, 0.1) is 26.4 Å². The molecule has 0 aliphatic carbocycles. The highest BCUT2D eigenvalue weighted by Crippen LogP contribution is 2.18. The van der Waals surface area contributed by atoms with Crippen LogP contribution in [0.5, 0.6) is 11.5 Å². The molecule has 1 heterocycles. The Labute approximate surface area is 191 Å². The van der Waals surface area contributed by atoms with E-state index in [4.69, 9.17) is 18.9 Å². The van der Waals surface area contributed by atoms with Crippen LogP contribution in [0.25, 0.3) is 0 Å². The second-order valence-corrected chi connectivity index (χ2v) is 6.63. The van der Waals surface area contributed by atoms with Crippen LogP contribution >= 0.6 is 24.0 Å². The Bertz CT molecular complexity index is 569. The number of guanidine groups is 1. The van der Waals surface area contributed by atoms with E-state index in [0.29, 0.717) is 25.9 Å². The van der Waals surface area contributed by atoms with Gasteiger partial charge in [0, 0.05) is 45.3 Å². The minimum Gasteiger partial charge on any atom is -0.497 e. The zero-order valence-electron chi connectivity index (χ0n) is 17.7. The number of hydrogen-bond donors (Lipinski definition) is 2. The lowest BCUT2D eigenvalue weighted by atomic mass is 10.2. The first-order valence-corrected chi connectivity index (χ1v) is 10.3. The van der Waals surface area contributed by atoms with Crippen molar-refractivity contribution in [2.75, 3.05) is 53.2 Å². The first-order valence-electron chi connectivity index (χ1n) is 10.3. The standard InChI is InChI=1S/C21H35N3O4.HI/c1-3-22-21(23-11-6-13-26-17-20-10-5-14-28-20)24-12-7-15-27-19-9-4-8-18(16-19)25-2;/h4,8-9,16,20H,3,5-7,10-15,17H2,1-2H3,(H2,22,23,24);1H. The minimum atomic E-state index is 0. The zero-order chi connectivity index (χ0) is 19.9. The number of ether oxygens (including phenoxy) is 4. The molecule has 1 aromatic carbocycles. The summed E-state index contributed by atoms with van der Waals surface area (Å²) in [6.45, 7) is 7.37. The lowest BCUT2D eigenvalue weighted by Gasteiger charge is -2.13. The van der Waals surface area contributed by atoms with Gasteiger partial charge in [-0.25, -0.2) is 0 Å². The van der Waals surface area contributed by atoms with Crippen LogP contribution in [0.4, 0.5) is 0 Å². The topological polar surface area (TPSA) is 73.3 Å². The Morgan fingerprint density at radius 1 is 1.21 bits per heavy atom. The van der Waals surface area contributed by atoms with Gasteiger partial charge < -0.3 is 29.6 Å². The molecular weight excluding hydrogens is 485 g/mol. The van der Waals surface area contributed by atoms with E-state index in [-0.39, 0.29) is 24.0 Å². The highest BCUT2D eigenvalue weighted by molar-refractivity contribution is 14.0. The number of nitrogens with one attached hydrogen (secondary N) is 2. The van der Waals surface area contributed by atoms with Crippen molar-refractivity contribution in [3.8, 4) is 11.5 Å². The summed E-state index contributed by atoms with van der Waals surface area (Å²) in [4.78, 5) is 4.59. The van der Waals surface area contributed by atoms with Gasteiger partial charge in [0.1, 0.15) is 11.5 Å². The van der Waals surface area contributed by atoms with Gasteiger partial charge in [0.15, 0.2) is 5.96 Å². The molecule has 1 aromatic rings. The molecule has 0 saturated carbocycles. The summed E-state index contributed by atoms with van der Waals surface area (Å²) in [5.41, 5.74) is 0. The lowest BCUT2D eigenvalue weighted by molar-refractivity contribution is 0.0168. The van der Waals surface area contributed by atoms with Crippen LogP contribution < -0.4 is 20.1 Å². The van der Waals surface area contributed by atoms with Gasteiger partial charge in [0.2, 0.25) is 0 Å². The van der Waals surface area contributed by atoms with E-state index >= 15 is 0 Å². The van der Waals surface area contributed by atoms with E-state index in [2.05, 4.69) is 22.5 Å². The smallest absolute Gasteiger partial charge is 0.191 e. The quantitative estimate of drug-likeness (QED) is 0.180. The summed E-state index contributed by atoms with van der Waals surface area (Å²) in [5, 5.41) is 6.61. The molecule has 1 saturated heterocycles. The van der Waals surface area contributed by atoms with Gasteiger partial charge in [-0.05, 0) is 38.3 Å². The van der Waals surface area contributed by atoms with Crippen molar-refractivity contribution < 1.29 is 18.9 Å². The maximum atomic E-state index is 5.74. The molecule has 0 aromatic heterocycles. The number of rotatable bonds is 13. The largest absolute Gasteiger partial charge is 0.497 e. The molecule has 0 spiro atoms. The summed E-state index contributed by atoms with van der Waals surface area (Å²) < 4.78 is 22.2. The molecule has 2 N–H and O–H groups in total. The van der Waals surface area contributed by atoms with Crippen LogP contribution in [0, 0.1) is 0 Å². The molecule has 7 nitrogen and oxygen atoms in total. The lowest BCUT2D eigenvalue weighted by Crippen LogP contribution is -2.38. The maximum Gasteiger partial charge on any atom is 0.191 e. The van der Waals surface area contributed by atoms with Crippen molar-refractivity contribution in [3.05, 3.63) is 24.3 Å². The predicted molar refractivity (Wildman–Crippen MR) is 127 cm³/mol. The predicted octanol–water partition coefficient (Wildman–Crippen LogP) is 3.22. The maximum absolute atomic E-state index is 5.74.